The van der Waals surface area contributed by atoms with Gasteiger partial charge in [0, 0.05) is 38.8 Å². The Balaban J connectivity index is 2.31. The van der Waals surface area contributed by atoms with E-state index in [0.717, 1.165) is 31.7 Å². The minimum Gasteiger partial charge on any atom is -0.385 e. The van der Waals surface area contributed by atoms with Crippen molar-refractivity contribution in [2.24, 2.45) is 0 Å². The van der Waals surface area contributed by atoms with E-state index in [2.05, 4.69) is 10.3 Å². The lowest BCUT2D eigenvalue weighted by atomic mass is 10.4. The second-order valence-electron chi connectivity index (χ2n) is 2.76. The van der Waals surface area contributed by atoms with Gasteiger partial charge in [0.2, 0.25) is 0 Å². The second kappa shape index (κ2) is 5.94. The first-order chi connectivity index (χ1) is 6.36. The number of aromatic nitrogens is 3. The van der Waals surface area contributed by atoms with Crippen LogP contribution in [0.25, 0.3) is 0 Å². The summed E-state index contributed by atoms with van der Waals surface area (Å²) in [5.74, 6) is 0.594. The zero-order valence-electron chi connectivity index (χ0n) is 7.74. The van der Waals surface area contributed by atoms with Crippen molar-refractivity contribution in [2.45, 2.75) is 19.4 Å². The highest BCUT2D eigenvalue weighted by molar-refractivity contribution is 6.17. The molecule has 0 spiro atoms. The Labute approximate surface area is 82.8 Å². The quantitative estimate of drug-likeness (QED) is 0.514. The molecule has 0 atom stereocenters. The summed E-state index contributed by atoms with van der Waals surface area (Å²) < 4.78 is 6.76. The topological polar surface area (TPSA) is 39.9 Å². The molecule has 0 aliphatic rings. The van der Waals surface area contributed by atoms with E-state index in [9.17, 15) is 0 Å². The number of rotatable bonds is 6. The van der Waals surface area contributed by atoms with Gasteiger partial charge in [0.25, 0.3) is 0 Å². The van der Waals surface area contributed by atoms with Crippen molar-refractivity contribution < 1.29 is 4.74 Å². The van der Waals surface area contributed by atoms with E-state index in [-0.39, 0.29) is 0 Å². The Hall–Kier alpha value is -0.610. The fourth-order valence-corrected chi connectivity index (χ4v) is 1.22. The van der Waals surface area contributed by atoms with Crippen LogP contribution in [0.2, 0.25) is 0 Å². The van der Waals surface area contributed by atoms with Crippen LogP contribution in [0, 0.1) is 0 Å². The third-order valence-corrected chi connectivity index (χ3v) is 1.86. The van der Waals surface area contributed by atoms with Gasteiger partial charge >= 0.3 is 0 Å². The maximum atomic E-state index is 5.58. The lowest BCUT2D eigenvalue weighted by Gasteiger charge is -1.97. The molecule has 5 heteroatoms. The number of hydrogen-bond acceptors (Lipinski definition) is 3. The van der Waals surface area contributed by atoms with Crippen molar-refractivity contribution in [3.05, 3.63) is 11.9 Å². The number of nitrogens with zero attached hydrogens (tertiary/aromatic N) is 3. The van der Waals surface area contributed by atoms with Crippen LogP contribution in [-0.2, 0) is 17.7 Å². The third-order valence-electron chi connectivity index (χ3n) is 1.67. The van der Waals surface area contributed by atoms with Crippen LogP contribution in [0.15, 0.2) is 6.20 Å². The fourth-order valence-electron chi connectivity index (χ4n) is 1.03. The normalized spacial score (nSPS) is 10.6. The predicted octanol–water partition coefficient (Wildman–Crippen LogP) is 1.10. The molecule has 1 heterocycles. The van der Waals surface area contributed by atoms with E-state index in [4.69, 9.17) is 16.3 Å². The van der Waals surface area contributed by atoms with Gasteiger partial charge in [-0.2, -0.15) is 0 Å². The molecule has 4 nitrogen and oxygen atoms in total. The van der Waals surface area contributed by atoms with Crippen molar-refractivity contribution in [1.82, 2.24) is 15.0 Å². The maximum Gasteiger partial charge on any atom is 0.0839 e. The first kappa shape index (κ1) is 10.5. The Bertz CT molecular complexity index is 239. The summed E-state index contributed by atoms with van der Waals surface area (Å²) in [6, 6.07) is 0. The number of methoxy groups -OCH3 is 1. The van der Waals surface area contributed by atoms with E-state index in [1.165, 1.54) is 0 Å². The molecule has 74 valence electrons. The van der Waals surface area contributed by atoms with E-state index < -0.39 is 0 Å². The van der Waals surface area contributed by atoms with Crippen molar-refractivity contribution >= 4 is 11.6 Å². The molecule has 0 N–H and O–H groups in total. The zero-order valence-corrected chi connectivity index (χ0v) is 8.50. The van der Waals surface area contributed by atoms with Gasteiger partial charge in [-0.25, -0.2) is 0 Å². The molecule has 0 saturated carbocycles. The Morgan fingerprint density at radius 3 is 3.15 bits per heavy atom. The van der Waals surface area contributed by atoms with Crippen LogP contribution in [0.1, 0.15) is 12.1 Å². The minimum atomic E-state index is 0.594. The van der Waals surface area contributed by atoms with E-state index in [1.807, 2.05) is 10.9 Å². The minimum absolute atomic E-state index is 0.594. The molecule has 0 radical (unpaired) electrons. The SMILES string of the molecule is COCCCn1cc(CCCl)nn1. The third kappa shape index (κ3) is 3.74. The van der Waals surface area contributed by atoms with Crippen LogP contribution < -0.4 is 0 Å². The first-order valence-electron chi connectivity index (χ1n) is 4.30. The molecule has 0 saturated heterocycles. The van der Waals surface area contributed by atoms with Gasteiger partial charge in [0.05, 0.1) is 5.69 Å². The van der Waals surface area contributed by atoms with Crippen LogP contribution in [0.4, 0.5) is 0 Å². The van der Waals surface area contributed by atoms with Gasteiger partial charge in [-0.15, -0.1) is 16.7 Å². The second-order valence-corrected chi connectivity index (χ2v) is 3.14. The van der Waals surface area contributed by atoms with Gasteiger partial charge < -0.3 is 4.74 Å². The van der Waals surface area contributed by atoms with Crippen molar-refractivity contribution in [3.8, 4) is 0 Å². The highest BCUT2D eigenvalue weighted by Gasteiger charge is 1.98. The van der Waals surface area contributed by atoms with Crippen LogP contribution >= 0.6 is 11.6 Å². The summed E-state index contributed by atoms with van der Waals surface area (Å²) in [6.07, 6.45) is 3.67. The molecule has 0 unspecified atom stereocenters. The summed E-state index contributed by atoms with van der Waals surface area (Å²) in [6.45, 7) is 1.60. The van der Waals surface area contributed by atoms with Crippen LogP contribution in [-0.4, -0.2) is 34.6 Å². The summed E-state index contributed by atoms with van der Waals surface area (Å²) in [4.78, 5) is 0. The summed E-state index contributed by atoms with van der Waals surface area (Å²) in [7, 11) is 1.69. The molecule has 0 bridgehead atoms. The number of aryl methyl sites for hydroxylation is 2. The summed E-state index contributed by atoms with van der Waals surface area (Å²) in [5.41, 5.74) is 0.951. The zero-order chi connectivity index (χ0) is 9.52. The fraction of sp³-hybridized carbons (Fsp3) is 0.750. The molecule has 0 aliphatic carbocycles. The van der Waals surface area contributed by atoms with Gasteiger partial charge in [0.15, 0.2) is 0 Å². The van der Waals surface area contributed by atoms with Crippen molar-refractivity contribution in [2.75, 3.05) is 19.6 Å². The van der Waals surface area contributed by atoms with Gasteiger partial charge in [-0.3, -0.25) is 4.68 Å². The Morgan fingerprint density at radius 2 is 2.46 bits per heavy atom. The van der Waals surface area contributed by atoms with Gasteiger partial charge in [0.1, 0.15) is 0 Å². The molecule has 0 aromatic carbocycles. The number of ether oxygens (including phenoxy) is 1. The molecular formula is C8H14ClN3O. The highest BCUT2D eigenvalue weighted by atomic mass is 35.5. The average molecular weight is 204 g/mol. The number of halogens is 1. The van der Waals surface area contributed by atoms with E-state index in [1.54, 1.807) is 7.11 Å². The number of hydrogen-bond donors (Lipinski definition) is 0. The first-order valence-corrected chi connectivity index (χ1v) is 4.84. The largest absolute Gasteiger partial charge is 0.385 e. The molecule has 1 rings (SSSR count). The van der Waals surface area contributed by atoms with Crippen molar-refractivity contribution in [3.63, 3.8) is 0 Å². The van der Waals surface area contributed by atoms with Gasteiger partial charge in [-0.05, 0) is 6.42 Å². The predicted molar refractivity (Wildman–Crippen MR) is 50.9 cm³/mol. The lowest BCUT2D eigenvalue weighted by Crippen LogP contribution is -2.01. The maximum absolute atomic E-state index is 5.58. The molecule has 1 aromatic rings. The lowest BCUT2D eigenvalue weighted by molar-refractivity contribution is 0.188. The van der Waals surface area contributed by atoms with Crippen molar-refractivity contribution in [1.29, 1.82) is 0 Å². The molecule has 0 fully saturated rings. The summed E-state index contributed by atoms with van der Waals surface area (Å²) >= 11 is 5.58. The van der Waals surface area contributed by atoms with E-state index in [0.29, 0.717) is 5.88 Å². The molecule has 0 amide bonds. The summed E-state index contributed by atoms with van der Waals surface area (Å²) in [5, 5.41) is 7.93. The highest BCUT2D eigenvalue weighted by Crippen LogP contribution is 1.97. The van der Waals surface area contributed by atoms with E-state index >= 15 is 0 Å². The monoisotopic (exact) mass is 203 g/mol. The number of alkyl halides is 1. The molecular weight excluding hydrogens is 190 g/mol. The molecule has 1 aromatic heterocycles. The Morgan fingerprint density at radius 1 is 1.62 bits per heavy atom. The van der Waals surface area contributed by atoms with Gasteiger partial charge in [-0.1, -0.05) is 5.21 Å². The average Bonchev–Trinajstić information content (AvgIpc) is 2.54. The molecule has 13 heavy (non-hydrogen) atoms. The smallest absolute Gasteiger partial charge is 0.0839 e. The van der Waals surface area contributed by atoms with Crippen LogP contribution in [0.5, 0.6) is 0 Å². The Kier molecular flexibility index (Phi) is 4.78. The molecule has 0 aliphatic heterocycles. The van der Waals surface area contributed by atoms with Crippen LogP contribution in [0.3, 0.4) is 0 Å². The standard InChI is InChI=1S/C8H14ClN3O/c1-13-6-2-5-12-7-8(3-4-9)10-11-12/h7H,2-6H2,1H3.